The predicted molar refractivity (Wildman–Crippen MR) is 115 cm³/mol. The smallest absolute Gasteiger partial charge is 0.208 e. The minimum absolute atomic E-state index is 0.0132. The SMILES string of the molecule is O=C(c1ccccc1)c1cnc2cc3c(cc2c1S(=O)(=O)c1ccccc1)OCCO3. The summed E-state index contributed by atoms with van der Waals surface area (Å²) in [7, 11) is -4.03. The lowest BCUT2D eigenvalue weighted by molar-refractivity contribution is 0.103. The average Bonchev–Trinajstić information content (AvgIpc) is 2.82. The highest BCUT2D eigenvalue weighted by molar-refractivity contribution is 7.91. The van der Waals surface area contributed by atoms with Gasteiger partial charge in [0.1, 0.15) is 13.2 Å². The second-order valence-electron chi connectivity index (χ2n) is 7.03. The lowest BCUT2D eigenvalue weighted by atomic mass is 10.0. The molecule has 7 heteroatoms. The van der Waals surface area contributed by atoms with E-state index in [1.165, 1.54) is 18.3 Å². The first kappa shape index (κ1) is 19.3. The number of hydrogen-bond donors (Lipinski definition) is 0. The highest BCUT2D eigenvalue weighted by Crippen LogP contribution is 2.39. The number of benzene rings is 3. The Morgan fingerprint density at radius 3 is 2.13 bits per heavy atom. The number of sulfone groups is 1. The number of carbonyl (C=O) groups excluding carboxylic acids is 1. The standard InChI is InChI=1S/C24H17NO5S/c26-23(16-7-3-1-4-8-16)19-15-25-20-14-22-21(29-11-12-30-22)13-18(20)24(19)31(27,28)17-9-5-2-6-10-17/h1-10,13-15H,11-12H2. The number of pyridine rings is 1. The molecule has 1 aliphatic heterocycles. The predicted octanol–water partition coefficient (Wildman–Crippen LogP) is 4.07. The molecule has 0 fully saturated rings. The first-order chi connectivity index (χ1) is 15.1. The number of carbonyl (C=O) groups is 1. The summed E-state index contributed by atoms with van der Waals surface area (Å²) in [6, 6.07) is 19.8. The van der Waals surface area contributed by atoms with E-state index in [9.17, 15) is 13.2 Å². The topological polar surface area (TPSA) is 82.6 Å². The third-order valence-corrected chi connectivity index (χ3v) is 6.96. The fourth-order valence-electron chi connectivity index (χ4n) is 3.62. The quantitative estimate of drug-likeness (QED) is 0.453. The maximum absolute atomic E-state index is 13.7. The van der Waals surface area contributed by atoms with Crippen LogP contribution in [0, 0.1) is 0 Å². The van der Waals surface area contributed by atoms with E-state index in [0.29, 0.717) is 41.2 Å². The number of fused-ring (bicyclic) bond motifs is 2. The van der Waals surface area contributed by atoms with Gasteiger partial charge < -0.3 is 9.47 Å². The number of nitrogens with zero attached hydrogens (tertiary/aromatic N) is 1. The van der Waals surface area contributed by atoms with E-state index in [4.69, 9.17) is 9.47 Å². The summed E-state index contributed by atoms with van der Waals surface area (Å²) in [5, 5.41) is 0.315. The van der Waals surface area contributed by atoms with E-state index >= 15 is 0 Å². The molecule has 5 rings (SSSR count). The number of ketones is 1. The first-order valence-electron chi connectivity index (χ1n) is 9.68. The molecular weight excluding hydrogens is 414 g/mol. The first-order valence-corrected chi connectivity index (χ1v) is 11.2. The molecule has 0 saturated heterocycles. The maximum atomic E-state index is 13.7. The Kier molecular flexibility index (Phi) is 4.67. The van der Waals surface area contributed by atoms with E-state index < -0.39 is 15.6 Å². The molecule has 0 atom stereocenters. The van der Waals surface area contributed by atoms with Crippen molar-refractivity contribution in [2.75, 3.05) is 13.2 Å². The third kappa shape index (κ3) is 3.33. The Labute approximate surface area is 179 Å². The van der Waals surface area contributed by atoms with Crippen LogP contribution in [0.2, 0.25) is 0 Å². The molecule has 2 heterocycles. The van der Waals surface area contributed by atoms with Crippen LogP contribution in [0.1, 0.15) is 15.9 Å². The Morgan fingerprint density at radius 2 is 1.45 bits per heavy atom. The molecule has 1 aliphatic rings. The number of hydrogen-bond acceptors (Lipinski definition) is 6. The molecule has 0 aliphatic carbocycles. The molecule has 0 saturated carbocycles. The van der Waals surface area contributed by atoms with Crippen molar-refractivity contribution in [1.29, 1.82) is 0 Å². The van der Waals surface area contributed by atoms with Crippen LogP contribution in [0.5, 0.6) is 11.5 Å². The van der Waals surface area contributed by atoms with Gasteiger partial charge in [0.25, 0.3) is 0 Å². The molecule has 1 aromatic heterocycles. The fraction of sp³-hybridized carbons (Fsp3) is 0.0833. The molecule has 31 heavy (non-hydrogen) atoms. The van der Waals surface area contributed by atoms with Crippen molar-refractivity contribution in [2.24, 2.45) is 0 Å². The van der Waals surface area contributed by atoms with Crippen LogP contribution in [-0.2, 0) is 9.84 Å². The summed E-state index contributed by atoms with van der Waals surface area (Å²) in [6.07, 6.45) is 1.32. The van der Waals surface area contributed by atoms with Crippen LogP contribution in [0.4, 0.5) is 0 Å². The summed E-state index contributed by atoms with van der Waals surface area (Å²) in [5.74, 6) is 0.505. The van der Waals surface area contributed by atoms with Crippen LogP contribution in [-0.4, -0.2) is 32.4 Å². The van der Waals surface area contributed by atoms with E-state index in [2.05, 4.69) is 4.98 Å². The van der Waals surface area contributed by atoms with E-state index in [0.717, 1.165) is 0 Å². The number of ether oxygens (including phenoxy) is 2. The van der Waals surface area contributed by atoms with Crippen LogP contribution in [0.25, 0.3) is 10.9 Å². The van der Waals surface area contributed by atoms with Crippen LogP contribution in [0.15, 0.2) is 88.8 Å². The molecular formula is C24H17NO5S. The molecule has 6 nitrogen and oxygen atoms in total. The fourth-order valence-corrected chi connectivity index (χ4v) is 5.26. The van der Waals surface area contributed by atoms with Crippen molar-refractivity contribution in [3.05, 3.63) is 90.1 Å². The second kappa shape index (κ2) is 7.52. The summed E-state index contributed by atoms with van der Waals surface area (Å²) in [5.41, 5.74) is 0.799. The Hall–Kier alpha value is -3.71. The summed E-state index contributed by atoms with van der Waals surface area (Å²) < 4.78 is 38.7. The molecule has 0 bridgehead atoms. The van der Waals surface area contributed by atoms with Crippen molar-refractivity contribution in [1.82, 2.24) is 4.98 Å². The molecule has 154 valence electrons. The van der Waals surface area contributed by atoms with Gasteiger partial charge in [-0.25, -0.2) is 8.42 Å². The largest absolute Gasteiger partial charge is 0.486 e. The lowest BCUT2D eigenvalue weighted by Gasteiger charge is -2.20. The Balaban J connectivity index is 1.83. The Morgan fingerprint density at radius 1 is 0.839 bits per heavy atom. The summed E-state index contributed by atoms with van der Waals surface area (Å²) in [4.78, 5) is 17.7. The van der Waals surface area contributed by atoms with Gasteiger partial charge in [0.2, 0.25) is 9.84 Å². The molecule has 0 amide bonds. The molecule has 0 N–H and O–H groups in total. The van der Waals surface area contributed by atoms with E-state index in [1.807, 2.05) is 0 Å². The molecule has 0 unspecified atom stereocenters. The van der Waals surface area contributed by atoms with Gasteiger partial charge in [-0.2, -0.15) is 0 Å². The zero-order valence-electron chi connectivity index (χ0n) is 16.3. The summed E-state index contributed by atoms with van der Waals surface area (Å²) in [6.45, 7) is 0.758. The van der Waals surface area contributed by atoms with Crippen molar-refractivity contribution in [3.8, 4) is 11.5 Å². The van der Waals surface area contributed by atoms with Gasteiger partial charge in [-0.15, -0.1) is 0 Å². The zero-order chi connectivity index (χ0) is 21.4. The van der Waals surface area contributed by atoms with Crippen LogP contribution >= 0.6 is 0 Å². The maximum Gasteiger partial charge on any atom is 0.208 e. The summed E-state index contributed by atoms with van der Waals surface area (Å²) >= 11 is 0. The molecule has 0 spiro atoms. The van der Waals surface area contributed by atoms with Crippen molar-refractivity contribution in [2.45, 2.75) is 9.79 Å². The average molecular weight is 431 g/mol. The van der Waals surface area contributed by atoms with Crippen molar-refractivity contribution >= 4 is 26.5 Å². The van der Waals surface area contributed by atoms with Crippen molar-refractivity contribution in [3.63, 3.8) is 0 Å². The van der Waals surface area contributed by atoms with Gasteiger partial charge in [0.15, 0.2) is 17.3 Å². The second-order valence-corrected chi connectivity index (χ2v) is 8.91. The van der Waals surface area contributed by atoms with Gasteiger partial charge in [-0.05, 0) is 18.2 Å². The monoisotopic (exact) mass is 431 g/mol. The molecule has 3 aromatic carbocycles. The van der Waals surface area contributed by atoms with Gasteiger partial charge >= 0.3 is 0 Å². The van der Waals surface area contributed by atoms with Gasteiger partial charge in [0.05, 0.1) is 20.9 Å². The molecule has 0 radical (unpaired) electrons. The Bertz CT molecular complexity index is 1400. The van der Waals surface area contributed by atoms with Crippen LogP contribution in [0.3, 0.4) is 0 Å². The number of aromatic nitrogens is 1. The minimum atomic E-state index is -4.03. The van der Waals surface area contributed by atoms with Gasteiger partial charge in [0, 0.05) is 23.2 Å². The minimum Gasteiger partial charge on any atom is -0.486 e. The van der Waals surface area contributed by atoms with E-state index in [1.54, 1.807) is 60.7 Å². The highest BCUT2D eigenvalue weighted by atomic mass is 32.2. The van der Waals surface area contributed by atoms with Crippen molar-refractivity contribution < 1.29 is 22.7 Å². The third-order valence-electron chi connectivity index (χ3n) is 5.09. The number of rotatable bonds is 4. The van der Waals surface area contributed by atoms with Gasteiger partial charge in [-0.3, -0.25) is 9.78 Å². The molecule has 4 aromatic rings. The van der Waals surface area contributed by atoms with Gasteiger partial charge in [-0.1, -0.05) is 48.5 Å². The lowest BCUT2D eigenvalue weighted by Crippen LogP contribution is -2.16. The van der Waals surface area contributed by atoms with Crippen LogP contribution < -0.4 is 9.47 Å². The zero-order valence-corrected chi connectivity index (χ0v) is 17.1. The highest BCUT2D eigenvalue weighted by Gasteiger charge is 2.29. The van der Waals surface area contributed by atoms with E-state index in [-0.39, 0.29) is 15.4 Å². The normalized spacial score (nSPS) is 13.2.